The summed E-state index contributed by atoms with van der Waals surface area (Å²) in [6.45, 7) is 2.21. The highest BCUT2D eigenvalue weighted by molar-refractivity contribution is 9.10. The number of halogens is 1. The zero-order valence-corrected chi connectivity index (χ0v) is 11.6. The van der Waals surface area contributed by atoms with E-state index in [4.69, 9.17) is 5.11 Å². The van der Waals surface area contributed by atoms with Crippen molar-refractivity contribution in [2.24, 2.45) is 0 Å². The average molecular weight is 301 g/mol. The van der Waals surface area contributed by atoms with Crippen LogP contribution in [-0.4, -0.2) is 36.2 Å². The van der Waals surface area contributed by atoms with Crippen molar-refractivity contribution in [3.63, 3.8) is 0 Å². The van der Waals surface area contributed by atoms with Gasteiger partial charge in [0.05, 0.1) is 12.6 Å². The summed E-state index contributed by atoms with van der Waals surface area (Å²) >= 11 is 3.45. The molecule has 0 heterocycles. The third-order valence-corrected chi connectivity index (χ3v) is 3.22. The predicted octanol–water partition coefficient (Wildman–Crippen LogP) is 2.14. The van der Waals surface area contributed by atoms with Crippen molar-refractivity contribution in [2.75, 3.05) is 20.2 Å². The third kappa shape index (κ3) is 4.02. The van der Waals surface area contributed by atoms with Gasteiger partial charge in [-0.2, -0.15) is 0 Å². The first kappa shape index (κ1) is 14.0. The maximum Gasteiger partial charge on any atom is 0.317 e. The van der Waals surface area contributed by atoms with Crippen LogP contribution in [0.2, 0.25) is 0 Å². The minimum Gasteiger partial charge on any atom is -0.395 e. The largest absolute Gasteiger partial charge is 0.395 e. The first-order valence-electron chi connectivity index (χ1n) is 5.43. The zero-order valence-electron chi connectivity index (χ0n) is 9.98. The molecule has 0 aliphatic heterocycles. The highest BCUT2D eigenvalue weighted by Gasteiger charge is 2.14. The summed E-state index contributed by atoms with van der Waals surface area (Å²) in [4.78, 5) is 13.2. The van der Waals surface area contributed by atoms with Gasteiger partial charge >= 0.3 is 6.03 Å². The van der Waals surface area contributed by atoms with Gasteiger partial charge in [-0.25, -0.2) is 4.79 Å². The monoisotopic (exact) mass is 300 g/mol. The van der Waals surface area contributed by atoms with Crippen molar-refractivity contribution in [2.45, 2.75) is 13.0 Å². The molecule has 0 aliphatic carbocycles. The Labute approximate surface area is 110 Å². The van der Waals surface area contributed by atoms with Gasteiger partial charge in [-0.05, 0) is 18.6 Å². The van der Waals surface area contributed by atoms with Gasteiger partial charge in [0.25, 0.3) is 0 Å². The summed E-state index contributed by atoms with van der Waals surface area (Å²) in [5, 5.41) is 11.6. The average Bonchev–Trinajstić information content (AvgIpc) is 2.29. The van der Waals surface area contributed by atoms with E-state index in [0.717, 1.165) is 10.0 Å². The van der Waals surface area contributed by atoms with Crippen LogP contribution in [0.25, 0.3) is 0 Å². The van der Waals surface area contributed by atoms with E-state index in [1.54, 1.807) is 7.05 Å². The number of benzene rings is 1. The van der Waals surface area contributed by atoms with Gasteiger partial charge in [0.15, 0.2) is 0 Å². The van der Waals surface area contributed by atoms with Gasteiger partial charge in [-0.1, -0.05) is 34.1 Å². The van der Waals surface area contributed by atoms with E-state index in [1.165, 1.54) is 4.90 Å². The molecule has 1 atom stereocenters. The molecule has 1 aromatic carbocycles. The van der Waals surface area contributed by atoms with Crippen LogP contribution in [0.4, 0.5) is 4.79 Å². The van der Waals surface area contributed by atoms with Gasteiger partial charge in [0.2, 0.25) is 0 Å². The zero-order chi connectivity index (χ0) is 12.8. The molecule has 5 heteroatoms. The summed E-state index contributed by atoms with van der Waals surface area (Å²) in [6.07, 6.45) is 0. The fourth-order valence-electron chi connectivity index (χ4n) is 1.45. The smallest absolute Gasteiger partial charge is 0.317 e. The number of likely N-dealkylation sites (N-methyl/N-ethyl adjacent to an activating group) is 1. The molecule has 2 N–H and O–H groups in total. The van der Waals surface area contributed by atoms with Crippen LogP contribution in [0.3, 0.4) is 0 Å². The molecule has 0 saturated heterocycles. The Hall–Kier alpha value is -1.07. The van der Waals surface area contributed by atoms with E-state index in [-0.39, 0.29) is 18.7 Å². The molecule has 0 fully saturated rings. The molecule has 1 rings (SSSR count). The summed E-state index contributed by atoms with van der Waals surface area (Å²) in [5.41, 5.74) is 1.03. The van der Waals surface area contributed by atoms with Crippen LogP contribution < -0.4 is 5.32 Å². The van der Waals surface area contributed by atoms with Crippen molar-refractivity contribution >= 4 is 22.0 Å². The van der Waals surface area contributed by atoms with E-state index in [1.807, 2.05) is 31.2 Å². The first-order valence-corrected chi connectivity index (χ1v) is 6.22. The number of hydrogen-bond acceptors (Lipinski definition) is 2. The number of aliphatic hydroxyl groups is 1. The molecule has 0 spiro atoms. The lowest BCUT2D eigenvalue weighted by Gasteiger charge is -2.21. The molecule has 17 heavy (non-hydrogen) atoms. The molecule has 0 aliphatic rings. The van der Waals surface area contributed by atoms with Gasteiger partial charge < -0.3 is 15.3 Å². The lowest BCUT2D eigenvalue weighted by molar-refractivity contribution is 0.188. The number of aliphatic hydroxyl groups excluding tert-OH is 1. The SMILES string of the molecule is CC(NC(=O)N(C)CCO)c1ccccc1Br. The number of rotatable bonds is 4. The van der Waals surface area contributed by atoms with Crippen molar-refractivity contribution in [1.29, 1.82) is 0 Å². The van der Waals surface area contributed by atoms with Crippen LogP contribution in [0.5, 0.6) is 0 Å². The second-order valence-corrected chi connectivity index (χ2v) is 4.69. The number of amides is 2. The van der Waals surface area contributed by atoms with Crippen molar-refractivity contribution in [3.05, 3.63) is 34.3 Å². The quantitative estimate of drug-likeness (QED) is 0.895. The van der Waals surface area contributed by atoms with Crippen molar-refractivity contribution in [1.82, 2.24) is 10.2 Å². The van der Waals surface area contributed by atoms with Gasteiger partial charge in [-0.15, -0.1) is 0 Å². The van der Waals surface area contributed by atoms with E-state index in [2.05, 4.69) is 21.2 Å². The molecule has 1 aromatic rings. The Morgan fingerprint density at radius 2 is 2.18 bits per heavy atom. The number of carbonyl (C=O) groups excluding carboxylic acids is 1. The fourth-order valence-corrected chi connectivity index (χ4v) is 2.08. The molecule has 0 radical (unpaired) electrons. The minimum atomic E-state index is -0.192. The molecule has 2 amide bonds. The molecule has 0 bridgehead atoms. The highest BCUT2D eigenvalue weighted by Crippen LogP contribution is 2.22. The lowest BCUT2D eigenvalue weighted by Crippen LogP contribution is -2.39. The van der Waals surface area contributed by atoms with Crippen LogP contribution in [0.15, 0.2) is 28.7 Å². The summed E-state index contributed by atoms with van der Waals surface area (Å²) in [7, 11) is 1.65. The Morgan fingerprint density at radius 1 is 1.53 bits per heavy atom. The standard InChI is InChI=1S/C12H17BrN2O2/c1-9(10-5-3-4-6-11(10)13)14-12(17)15(2)7-8-16/h3-6,9,16H,7-8H2,1-2H3,(H,14,17). The highest BCUT2D eigenvalue weighted by atomic mass is 79.9. The van der Waals surface area contributed by atoms with E-state index < -0.39 is 0 Å². The number of urea groups is 1. The molecular formula is C12H17BrN2O2. The Morgan fingerprint density at radius 3 is 2.76 bits per heavy atom. The number of carbonyl (C=O) groups is 1. The number of nitrogens with zero attached hydrogens (tertiary/aromatic N) is 1. The fraction of sp³-hybridized carbons (Fsp3) is 0.417. The Kier molecular flexibility index (Phi) is 5.44. The molecule has 0 saturated carbocycles. The van der Waals surface area contributed by atoms with Crippen LogP contribution in [-0.2, 0) is 0 Å². The van der Waals surface area contributed by atoms with Gasteiger partial charge in [0, 0.05) is 18.1 Å². The summed E-state index contributed by atoms with van der Waals surface area (Å²) in [6, 6.07) is 7.48. The molecule has 1 unspecified atom stereocenters. The van der Waals surface area contributed by atoms with Crippen molar-refractivity contribution in [3.8, 4) is 0 Å². The predicted molar refractivity (Wildman–Crippen MR) is 70.8 cm³/mol. The molecule has 4 nitrogen and oxygen atoms in total. The molecule has 0 aromatic heterocycles. The maximum atomic E-state index is 11.7. The Bertz CT molecular complexity index is 385. The third-order valence-electron chi connectivity index (χ3n) is 2.49. The summed E-state index contributed by atoms with van der Waals surface area (Å²) in [5.74, 6) is 0. The van der Waals surface area contributed by atoms with E-state index in [9.17, 15) is 4.79 Å². The summed E-state index contributed by atoms with van der Waals surface area (Å²) < 4.78 is 0.970. The minimum absolute atomic E-state index is 0.0344. The number of nitrogens with one attached hydrogen (secondary N) is 1. The number of hydrogen-bond donors (Lipinski definition) is 2. The van der Waals surface area contributed by atoms with Gasteiger partial charge in [0.1, 0.15) is 0 Å². The van der Waals surface area contributed by atoms with E-state index in [0.29, 0.717) is 6.54 Å². The van der Waals surface area contributed by atoms with Crippen molar-refractivity contribution < 1.29 is 9.90 Å². The molecule has 94 valence electrons. The van der Waals surface area contributed by atoms with Gasteiger partial charge in [-0.3, -0.25) is 0 Å². The molecular weight excluding hydrogens is 284 g/mol. The second kappa shape index (κ2) is 6.61. The first-order chi connectivity index (χ1) is 8.06. The lowest BCUT2D eigenvalue weighted by atomic mass is 10.1. The maximum absolute atomic E-state index is 11.7. The van der Waals surface area contributed by atoms with Crippen LogP contribution in [0.1, 0.15) is 18.5 Å². The van der Waals surface area contributed by atoms with Crippen LogP contribution in [0, 0.1) is 0 Å². The normalized spacial score (nSPS) is 12.0. The Balaban J connectivity index is 2.63. The van der Waals surface area contributed by atoms with Crippen LogP contribution >= 0.6 is 15.9 Å². The topological polar surface area (TPSA) is 52.6 Å². The van der Waals surface area contributed by atoms with E-state index >= 15 is 0 Å². The second-order valence-electron chi connectivity index (χ2n) is 3.84.